The monoisotopic (exact) mass is 294 g/mol. The van der Waals surface area contributed by atoms with Gasteiger partial charge in [-0.3, -0.25) is 4.57 Å². The molecule has 0 radical (unpaired) electrons. The summed E-state index contributed by atoms with van der Waals surface area (Å²) < 4.78 is 28.8. The summed E-state index contributed by atoms with van der Waals surface area (Å²) in [5.41, 5.74) is 0. The van der Waals surface area contributed by atoms with Crippen LogP contribution in [0.4, 0.5) is 0 Å². The molecule has 0 saturated carbocycles. The Morgan fingerprint density at radius 2 is 1.74 bits per heavy atom. The van der Waals surface area contributed by atoms with Gasteiger partial charge in [-0.2, -0.15) is 0 Å². The highest BCUT2D eigenvalue weighted by atomic mass is 31.2. The number of unbranched alkanes of at least 4 members (excludes halogenated alkanes) is 1. The molecule has 0 aliphatic heterocycles. The zero-order chi connectivity index (χ0) is 14.7. The third-order valence-corrected chi connectivity index (χ3v) is 4.71. The molecule has 2 atom stereocenters. The minimum atomic E-state index is -2.92. The van der Waals surface area contributed by atoms with E-state index < -0.39 is 7.60 Å². The Morgan fingerprint density at radius 1 is 1.11 bits per heavy atom. The van der Waals surface area contributed by atoms with Crippen LogP contribution in [0.2, 0.25) is 0 Å². The van der Waals surface area contributed by atoms with Gasteiger partial charge in [0.15, 0.2) is 0 Å². The molecule has 4 nitrogen and oxygen atoms in total. The van der Waals surface area contributed by atoms with E-state index in [0.29, 0.717) is 37.8 Å². The predicted molar refractivity (Wildman–Crippen MR) is 79.8 cm³/mol. The number of hydrogen-bond donors (Lipinski definition) is 0. The average molecular weight is 294 g/mol. The second-order valence-corrected chi connectivity index (χ2v) is 7.75. The van der Waals surface area contributed by atoms with Crippen molar-refractivity contribution in [1.82, 2.24) is 0 Å². The van der Waals surface area contributed by atoms with Gasteiger partial charge in [0, 0.05) is 13.7 Å². The summed E-state index contributed by atoms with van der Waals surface area (Å²) in [5.74, 6) is 0.696. The fourth-order valence-corrected chi connectivity index (χ4v) is 3.47. The Bertz CT molecular complexity index is 256. The number of rotatable bonds is 12. The quantitative estimate of drug-likeness (QED) is 0.502. The van der Waals surface area contributed by atoms with Gasteiger partial charge in [0.1, 0.15) is 0 Å². The average Bonchev–Trinajstić information content (AvgIpc) is 2.38. The van der Waals surface area contributed by atoms with Gasteiger partial charge in [-0.1, -0.05) is 34.1 Å². The fraction of sp³-hybridized carbons (Fsp3) is 1.00. The normalized spacial score (nSPS) is 16.5. The van der Waals surface area contributed by atoms with E-state index in [0.717, 1.165) is 19.3 Å². The lowest BCUT2D eigenvalue weighted by molar-refractivity contribution is 0.141. The van der Waals surface area contributed by atoms with Gasteiger partial charge >= 0.3 is 7.60 Å². The van der Waals surface area contributed by atoms with Gasteiger partial charge in [0.25, 0.3) is 0 Å². The molecule has 0 aromatic carbocycles. The van der Waals surface area contributed by atoms with E-state index in [1.165, 1.54) is 0 Å². The van der Waals surface area contributed by atoms with E-state index in [9.17, 15) is 4.57 Å². The minimum absolute atomic E-state index is 0.331. The number of methoxy groups -OCH3 is 1. The largest absolute Gasteiger partial charge is 0.385 e. The van der Waals surface area contributed by atoms with Crippen LogP contribution in [-0.4, -0.2) is 33.1 Å². The molecule has 0 aromatic heterocycles. The third kappa shape index (κ3) is 10.5. The first-order valence-electron chi connectivity index (χ1n) is 7.30. The lowest BCUT2D eigenvalue weighted by Gasteiger charge is -2.21. The van der Waals surface area contributed by atoms with Crippen molar-refractivity contribution in [2.24, 2.45) is 11.8 Å². The molecular weight excluding hydrogens is 263 g/mol. The minimum Gasteiger partial charge on any atom is -0.385 e. The van der Waals surface area contributed by atoms with Gasteiger partial charge in [-0.15, -0.1) is 0 Å². The van der Waals surface area contributed by atoms with Gasteiger partial charge in [0.05, 0.1) is 19.4 Å². The van der Waals surface area contributed by atoms with Crippen LogP contribution in [0, 0.1) is 11.8 Å². The van der Waals surface area contributed by atoms with Crippen LogP contribution in [-0.2, 0) is 18.3 Å². The molecular formula is C14H31O4P. The van der Waals surface area contributed by atoms with E-state index in [2.05, 4.69) is 13.8 Å². The molecule has 0 rings (SSSR count). The van der Waals surface area contributed by atoms with Crippen molar-refractivity contribution in [3.05, 3.63) is 0 Å². The maximum absolute atomic E-state index is 12.6. The topological polar surface area (TPSA) is 44.8 Å². The van der Waals surface area contributed by atoms with Gasteiger partial charge in [-0.05, 0) is 24.7 Å². The van der Waals surface area contributed by atoms with Crippen molar-refractivity contribution in [3.63, 3.8) is 0 Å². The maximum atomic E-state index is 12.6. The van der Waals surface area contributed by atoms with Crippen molar-refractivity contribution >= 4 is 7.60 Å². The molecule has 0 saturated heterocycles. The van der Waals surface area contributed by atoms with Crippen LogP contribution >= 0.6 is 7.60 Å². The summed E-state index contributed by atoms with van der Waals surface area (Å²) in [7, 11) is -1.23. The maximum Gasteiger partial charge on any atom is 0.330 e. The molecule has 0 aromatic rings. The Balaban J connectivity index is 4.20. The molecule has 2 unspecified atom stereocenters. The molecule has 0 aliphatic carbocycles. The summed E-state index contributed by atoms with van der Waals surface area (Å²) in [4.78, 5) is 0. The first-order chi connectivity index (χ1) is 8.93. The Hall–Kier alpha value is 0.110. The van der Waals surface area contributed by atoms with Crippen LogP contribution in [0.5, 0.6) is 0 Å². The summed E-state index contributed by atoms with van der Waals surface area (Å²) in [6.45, 7) is 9.92. The fourth-order valence-electron chi connectivity index (χ4n) is 1.42. The Morgan fingerprint density at radius 3 is 2.26 bits per heavy atom. The van der Waals surface area contributed by atoms with Crippen LogP contribution in [0.25, 0.3) is 0 Å². The zero-order valence-corrected chi connectivity index (χ0v) is 14.1. The molecule has 0 amide bonds. The molecule has 0 fully saturated rings. The Labute approximate surface area is 118 Å². The third-order valence-electron chi connectivity index (χ3n) is 2.76. The van der Waals surface area contributed by atoms with Crippen LogP contribution in [0.3, 0.4) is 0 Å². The highest BCUT2D eigenvalue weighted by Crippen LogP contribution is 2.49. The van der Waals surface area contributed by atoms with Gasteiger partial charge in [0.2, 0.25) is 0 Å². The van der Waals surface area contributed by atoms with Crippen molar-refractivity contribution in [1.29, 1.82) is 0 Å². The summed E-state index contributed by atoms with van der Waals surface area (Å²) in [5, 5.41) is 0. The highest BCUT2D eigenvalue weighted by molar-refractivity contribution is 7.53. The molecule has 0 bridgehead atoms. The molecule has 0 spiro atoms. The summed E-state index contributed by atoms with van der Waals surface area (Å²) in [6.07, 6.45) is 3.31. The van der Waals surface area contributed by atoms with E-state index in [-0.39, 0.29) is 0 Å². The van der Waals surface area contributed by atoms with Crippen LogP contribution in [0.1, 0.15) is 47.0 Å². The standard InChI is InChI=1S/C14H31O4P/c1-6-7-10-19(15,17-11-13(2)3)18-12-14(4)8-9-16-5/h13-14H,6-12H2,1-5H3. The molecule has 0 N–H and O–H groups in total. The first kappa shape index (κ1) is 19.1. The molecule has 0 aliphatic rings. The number of hydrogen-bond acceptors (Lipinski definition) is 4. The van der Waals surface area contributed by atoms with E-state index in [1.807, 2.05) is 13.8 Å². The van der Waals surface area contributed by atoms with Gasteiger partial charge in [-0.25, -0.2) is 0 Å². The molecule has 0 heterocycles. The first-order valence-corrected chi connectivity index (χ1v) is 9.03. The van der Waals surface area contributed by atoms with Crippen LogP contribution < -0.4 is 0 Å². The van der Waals surface area contributed by atoms with Crippen molar-refractivity contribution in [3.8, 4) is 0 Å². The lowest BCUT2D eigenvalue weighted by atomic mass is 10.1. The SMILES string of the molecule is CCCCP(=O)(OCC(C)C)OCC(C)CCOC. The molecule has 116 valence electrons. The molecule has 5 heteroatoms. The second kappa shape index (κ2) is 10.8. The summed E-state index contributed by atoms with van der Waals surface area (Å²) in [6, 6.07) is 0. The van der Waals surface area contributed by atoms with Crippen LogP contribution in [0.15, 0.2) is 0 Å². The smallest absolute Gasteiger partial charge is 0.330 e. The van der Waals surface area contributed by atoms with Crippen molar-refractivity contribution < 1.29 is 18.3 Å². The van der Waals surface area contributed by atoms with Crippen molar-refractivity contribution in [2.75, 3.05) is 33.1 Å². The van der Waals surface area contributed by atoms with Gasteiger partial charge < -0.3 is 13.8 Å². The Kier molecular flexibility index (Phi) is 10.9. The lowest BCUT2D eigenvalue weighted by Crippen LogP contribution is -2.11. The zero-order valence-electron chi connectivity index (χ0n) is 13.2. The van der Waals surface area contributed by atoms with E-state index in [1.54, 1.807) is 7.11 Å². The predicted octanol–water partition coefficient (Wildman–Crippen LogP) is 4.34. The van der Waals surface area contributed by atoms with E-state index in [4.69, 9.17) is 13.8 Å². The van der Waals surface area contributed by atoms with E-state index >= 15 is 0 Å². The second-order valence-electron chi connectivity index (χ2n) is 5.56. The molecule has 19 heavy (non-hydrogen) atoms. The summed E-state index contributed by atoms with van der Waals surface area (Å²) >= 11 is 0. The highest BCUT2D eigenvalue weighted by Gasteiger charge is 2.25. The number of ether oxygens (including phenoxy) is 1. The van der Waals surface area contributed by atoms with Crippen molar-refractivity contribution in [2.45, 2.75) is 47.0 Å².